The summed E-state index contributed by atoms with van der Waals surface area (Å²) in [5.41, 5.74) is 4.30. The smallest absolute Gasteiger partial charge is 0.162 e. The fourth-order valence-electron chi connectivity index (χ4n) is 1.67. The number of aryl methyl sites for hydroxylation is 2. The first-order chi connectivity index (χ1) is 7.63. The van der Waals surface area contributed by atoms with Crippen LogP contribution in [0.2, 0.25) is 5.15 Å². The van der Waals surface area contributed by atoms with Crippen LogP contribution in [0.15, 0.2) is 10.8 Å². The van der Waals surface area contributed by atoms with Crippen LogP contribution < -0.4 is 0 Å². The lowest BCUT2D eigenvalue weighted by molar-refractivity contribution is 1.00. The average Bonchev–Trinajstić information content (AvgIpc) is 2.64. The van der Waals surface area contributed by atoms with E-state index in [1.807, 2.05) is 6.92 Å². The van der Waals surface area contributed by atoms with Crippen LogP contribution in [-0.2, 0) is 6.42 Å². The molecule has 2 rings (SSSR count). The molecule has 0 saturated carbocycles. The van der Waals surface area contributed by atoms with Crippen molar-refractivity contribution in [2.24, 2.45) is 0 Å². The molecule has 0 aliphatic carbocycles. The van der Waals surface area contributed by atoms with Crippen molar-refractivity contribution in [3.63, 3.8) is 0 Å². The highest BCUT2D eigenvalue weighted by Crippen LogP contribution is 2.27. The monoisotopic (exact) mass is 252 g/mol. The molecule has 0 amide bonds. The van der Waals surface area contributed by atoms with Gasteiger partial charge in [0.2, 0.25) is 0 Å². The molecule has 0 saturated heterocycles. The van der Waals surface area contributed by atoms with Crippen LogP contribution >= 0.6 is 22.9 Å². The molecule has 2 aromatic rings. The van der Waals surface area contributed by atoms with Crippen LogP contribution in [0.1, 0.15) is 23.7 Å². The van der Waals surface area contributed by atoms with Gasteiger partial charge in [0.25, 0.3) is 0 Å². The van der Waals surface area contributed by atoms with E-state index < -0.39 is 0 Å². The molecule has 0 atom stereocenters. The number of nitrogens with zero attached hydrogens (tertiary/aromatic N) is 2. The highest BCUT2D eigenvalue weighted by molar-refractivity contribution is 7.08. The van der Waals surface area contributed by atoms with E-state index in [2.05, 4.69) is 34.6 Å². The van der Waals surface area contributed by atoms with E-state index in [0.717, 1.165) is 29.1 Å². The molecule has 0 radical (unpaired) electrons. The minimum absolute atomic E-state index is 0.579. The van der Waals surface area contributed by atoms with Crippen molar-refractivity contribution in [1.29, 1.82) is 0 Å². The zero-order valence-corrected chi connectivity index (χ0v) is 11.1. The molecule has 2 nitrogen and oxygen atoms in total. The quantitative estimate of drug-likeness (QED) is 0.754. The molecule has 0 aliphatic heterocycles. The van der Waals surface area contributed by atoms with Crippen molar-refractivity contribution < 1.29 is 0 Å². The van der Waals surface area contributed by atoms with Crippen molar-refractivity contribution in [3.8, 4) is 11.4 Å². The standard InChI is InChI=1S/C12H13ClN2S/c1-4-9-8(3)14-12(15-11(9)13)10-6-16-5-7(10)2/h5-6H,4H2,1-3H3. The Morgan fingerprint density at radius 1 is 1.25 bits per heavy atom. The minimum Gasteiger partial charge on any atom is -0.233 e. The minimum atomic E-state index is 0.579. The third-order valence-corrected chi connectivity index (χ3v) is 3.79. The van der Waals surface area contributed by atoms with E-state index in [-0.39, 0.29) is 0 Å². The van der Waals surface area contributed by atoms with Crippen molar-refractivity contribution in [3.05, 3.63) is 32.7 Å². The number of aromatic nitrogens is 2. The van der Waals surface area contributed by atoms with Crippen LogP contribution in [0.4, 0.5) is 0 Å². The highest BCUT2D eigenvalue weighted by atomic mass is 35.5. The Kier molecular flexibility index (Phi) is 3.26. The van der Waals surface area contributed by atoms with E-state index in [4.69, 9.17) is 11.6 Å². The van der Waals surface area contributed by atoms with Gasteiger partial charge in [-0.2, -0.15) is 11.3 Å². The first-order valence-corrected chi connectivity index (χ1v) is 6.51. The Morgan fingerprint density at radius 3 is 2.50 bits per heavy atom. The SMILES string of the molecule is CCc1c(C)nc(-c2cscc2C)nc1Cl. The summed E-state index contributed by atoms with van der Waals surface area (Å²) < 4.78 is 0. The van der Waals surface area contributed by atoms with E-state index in [1.54, 1.807) is 11.3 Å². The molecular formula is C12H13ClN2S. The average molecular weight is 253 g/mol. The molecular weight excluding hydrogens is 240 g/mol. The maximum absolute atomic E-state index is 6.16. The Hall–Kier alpha value is -0.930. The first-order valence-electron chi connectivity index (χ1n) is 5.19. The van der Waals surface area contributed by atoms with Gasteiger partial charge >= 0.3 is 0 Å². The van der Waals surface area contributed by atoms with Crippen LogP contribution in [-0.4, -0.2) is 9.97 Å². The van der Waals surface area contributed by atoms with Gasteiger partial charge in [0.15, 0.2) is 5.82 Å². The Bertz CT molecular complexity index is 496. The van der Waals surface area contributed by atoms with Gasteiger partial charge in [0, 0.05) is 22.2 Å². The van der Waals surface area contributed by atoms with Gasteiger partial charge < -0.3 is 0 Å². The van der Waals surface area contributed by atoms with Crippen molar-refractivity contribution in [2.75, 3.05) is 0 Å². The first kappa shape index (κ1) is 11.6. The fourth-order valence-corrected chi connectivity index (χ4v) is 2.85. The fraction of sp³-hybridized carbons (Fsp3) is 0.333. The maximum Gasteiger partial charge on any atom is 0.162 e. The molecule has 84 valence electrons. The van der Waals surface area contributed by atoms with Crippen molar-refractivity contribution >= 4 is 22.9 Å². The highest BCUT2D eigenvalue weighted by Gasteiger charge is 2.11. The molecule has 2 heterocycles. The summed E-state index contributed by atoms with van der Waals surface area (Å²) in [4.78, 5) is 8.89. The second-order valence-corrected chi connectivity index (χ2v) is 4.83. The van der Waals surface area contributed by atoms with Gasteiger partial charge in [-0.05, 0) is 31.2 Å². The van der Waals surface area contributed by atoms with Gasteiger partial charge in [0.1, 0.15) is 5.15 Å². The topological polar surface area (TPSA) is 25.8 Å². The van der Waals surface area contributed by atoms with E-state index in [9.17, 15) is 0 Å². The molecule has 0 aromatic carbocycles. The lowest BCUT2D eigenvalue weighted by atomic mass is 10.1. The van der Waals surface area contributed by atoms with Gasteiger partial charge in [0.05, 0.1) is 0 Å². The van der Waals surface area contributed by atoms with Gasteiger partial charge in [-0.25, -0.2) is 9.97 Å². The third-order valence-electron chi connectivity index (χ3n) is 2.61. The second-order valence-electron chi connectivity index (χ2n) is 3.72. The third kappa shape index (κ3) is 1.97. The van der Waals surface area contributed by atoms with Gasteiger partial charge in [-0.1, -0.05) is 18.5 Å². The lowest BCUT2D eigenvalue weighted by Gasteiger charge is -2.07. The summed E-state index contributed by atoms with van der Waals surface area (Å²) in [7, 11) is 0. The normalized spacial score (nSPS) is 10.8. The zero-order valence-electron chi connectivity index (χ0n) is 9.54. The summed E-state index contributed by atoms with van der Waals surface area (Å²) >= 11 is 7.82. The van der Waals surface area contributed by atoms with E-state index in [1.165, 1.54) is 5.56 Å². The van der Waals surface area contributed by atoms with Crippen molar-refractivity contribution in [1.82, 2.24) is 9.97 Å². The van der Waals surface area contributed by atoms with Crippen LogP contribution in [0.3, 0.4) is 0 Å². The van der Waals surface area contributed by atoms with Gasteiger partial charge in [-0.15, -0.1) is 0 Å². The number of halogens is 1. The van der Waals surface area contributed by atoms with E-state index >= 15 is 0 Å². The summed E-state index contributed by atoms with van der Waals surface area (Å²) in [5.74, 6) is 0.735. The van der Waals surface area contributed by atoms with Crippen LogP contribution in [0.25, 0.3) is 11.4 Å². The molecule has 2 aromatic heterocycles. The number of rotatable bonds is 2. The van der Waals surface area contributed by atoms with E-state index in [0.29, 0.717) is 5.15 Å². The van der Waals surface area contributed by atoms with Crippen LogP contribution in [0, 0.1) is 13.8 Å². The number of thiophene rings is 1. The van der Waals surface area contributed by atoms with Gasteiger partial charge in [-0.3, -0.25) is 0 Å². The zero-order chi connectivity index (χ0) is 11.7. The Morgan fingerprint density at radius 2 is 2.00 bits per heavy atom. The molecule has 0 spiro atoms. The van der Waals surface area contributed by atoms with Crippen molar-refractivity contribution in [2.45, 2.75) is 27.2 Å². The summed E-state index contributed by atoms with van der Waals surface area (Å²) in [6.45, 7) is 6.11. The summed E-state index contributed by atoms with van der Waals surface area (Å²) in [6, 6.07) is 0. The molecule has 0 unspecified atom stereocenters. The number of hydrogen-bond donors (Lipinski definition) is 0. The molecule has 4 heteroatoms. The molecule has 0 fully saturated rings. The molecule has 0 bridgehead atoms. The number of hydrogen-bond acceptors (Lipinski definition) is 3. The lowest BCUT2D eigenvalue weighted by Crippen LogP contribution is -1.99. The van der Waals surface area contributed by atoms with Crippen LogP contribution in [0.5, 0.6) is 0 Å². The Labute approximate surface area is 104 Å². The summed E-state index contributed by atoms with van der Waals surface area (Å²) in [6.07, 6.45) is 0.869. The molecule has 16 heavy (non-hydrogen) atoms. The summed E-state index contributed by atoms with van der Waals surface area (Å²) in [5, 5.41) is 4.73. The maximum atomic E-state index is 6.16. The molecule has 0 N–H and O–H groups in total. The predicted molar refractivity (Wildman–Crippen MR) is 69.2 cm³/mol. The predicted octanol–water partition coefficient (Wildman–Crippen LogP) is 4.04. The second kappa shape index (κ2) is 4.52. The largest absolute Gasteiger partial charge is 0.233 e. The molecule has 0 aliphatic rings. The Balaban J connectivity index is 2.57.